The third-order valence-electron chi connectivity index (χ3n) is 3.21. The highest BCUT2D eigenvalue weighted by Gasteiger charge is 2.31. The molecule has 0 aliphatic carbocycles. The Hall–Kier alpha value is -1.76. The van der Waals surface area contributed by atoms with Crippen LogP contribution in [0, 0.1) is 0 Å². The number of aliphatic hydroxyl groups is 1. The normalized spacial score (nSPS) is 14.8. The number of aromatic nitrogens is 1. The van der Waals surface area contributed by atoms with Crippen LogP contribution in [0.2, 0.25) is 10.0 Å². The maximum atomic E-state index is 12.0. The lowest BCUT2D eigenvalue weighted by Gasteiger charge is -2.35. The summed E-state index contributed by atoms with van der Waals surface area (Å²) < 4.78 is 10.6. The van der Waals surface area contributed by atoms with Gasteiger partial charge in [-0.15, -0.1) is 0 Å². The summed E-state index contributed by atoms with van der Waals surface area (Å²) in [6, 6.07) is 6.53. The maximum absolute atomic E-state index is 12.0. The molecule has 1 aromatic carbocycles. The average molecular weight is 343 g/mol. The number of carbonyl (C=O) groups is 1. The Labute approximate surface area is 136 Å². The van der Waals surface area contributed by atoms with E-state index in [0.29, 0.717) is 34.6 Å². The van der Waals surface area contributed by atoms with Crippen molar-refractivity contribution in [3.8, 4) is 5.75 Å². The van der Waals surface area contributed by atoms with Crippen molar-refractivity contribution < 1.29 is 19.2 Å². The molecule has 1 aliphatic heterocycles. The van der Waals surface area contributed by atoms with E-state index in [0.717, 1.165) is 0 Å². The standard InChI is InChI=1S/C14H12Cl2N2O4/c15-10-2-1-3-11(16)13(10)21-7-9-4-12(17-22-9)14(20)18-5-8(19)6-18/h1-4,8,19H,5-7H2. The van der Waals surface area contributed by atoms with Gasteiger partial charge >= 0.3 is 0 Å². The largest absolute Gasteiger partial charge is 0.482 e. The molecule has 3 rings (SSSR count). The number of β-amino-alcohol motifs (C(OH)–C–C–N with tert-alkyl or cyclic N) is 1. The van der Waals surface area contributed by atoms with E-state index in [2.05, 4.69) is 5.16 Å². The summed E-state index contributed by atoms with van der Waals surface area (Å²) in [7, 11) is 0. The molecule has 1 saturated heterocycles. The fourth-order valence-corrected chi connectivity index (χ4v) is 2.54. The van der Waals surface area contributed by atoms with Gasteiger partial charge in [-0.3, -0.25) is 4.79 Å². The number of likely N-dealkylation sites (tertiary alicyclic amines) is 1. The zero-order valence-corrected chi connectivity index (χ0v) is 12.8. The van der Waals surface area contributed by atoms with Crippen molar-refractivity contribution in [1.29, 1.82) is 0 Å². The minimum Gasteiger partial charge on any atom is -0.482 e. The van der Waals surface area contributed by atoms with Gasteiger partial charge in [0, 0.05) is 19.2 Å². The highest BCUT2D eigenvalue weighted by atomic mass is 35.5. The molecule has 2 heterocycles. The number of nitrogens with zero attached hydrogens (tertiary/aromatic N) is 2. The van der Waals surface area contributed by atoms with Crippen LogP contribution in [0.15, 0.2) is 28.8 Å². The number of amides is 1. The summed E-state index contributed by atoms with van der Waals surface area (Å²) in [5.41, 5.74) is 0.177. The second-order valence-electron chi connectivity index (χ2n) is 4.88. The van der Waals surface area contributed by atoms with E-state index in [1.54, 1.807) is 18.2 Å². The zero-order chi connectivity index (χ0) is 15.7. The van der Waals surface area contributed by atoms with Gasteiger partial charge in [-0.1, -0.05) is 34.4 Å². The minimum absolute atomic E-state index is 0.0480. The molecule has 0 unspecified atom stereocenters. The van der Waals surface area contributed by atoms with Gasteiger partial charge in [-0.25, -0.2) is 0 Å². The maximum Gasteiger partial charge on any atom is 0.276 e. The number of carbonyl (C=O) groups excluding carboxylic acids is 1. The third kappa shape index (κ3) is 3.04. The molecule has 2 aromatic rings. The molecule has 8 heteroatoms. The molecule has 22 heavy (non-hydrogen) atoms. The molecule has 0 bridgehead atoms. The first kappa shape index (κ1) is 15.1. The fourth-order valence-electron chi connectivity index (χ4n) is 2.03. The van der Waals surface area contributed by atoms with Crippen LogP contribution in [0.3, 0.4) is 0 Å². The van der Waals surface area contributed by atoms with Gasteiger partial charge in [0.2, 0.25) is 0 Å². The van der Waals surface area contributed by atoms with Crippen molar-refractivity contribution in [2.45, 2.75) is 12.7 Å². The predicted octanol–water partition coefficient (Wildman–Crippen LogP) is 2.38. The molecule has 1 amide bonds. The van der Waals surface area contributed by atoms with Crippen molar-refractivity contribution in [3.63, 3.8) is 0 Å². The number of ether oxygens (including phenoxy) is 1. The summed E-state index contributed by atoms with van der Waals surface area (Å²) in [6.45, 7) is 0.672. The number of benzene rings is 1. The van der Waals surface area contributed by atoms with Crippen LogP contribution in [0.25, 0.3) is 0 Å². The SMILES string of the molecule is O=C(c1cc(COc2c(Cl)cccc2Cl)on1)N1CC(O)C1. The van der Waals surface area contributed by atoms with Crippen molar-refractivity contribution in [1.82, 2.24) is 10.1 Å². The zero-order valence-electron chi connectivity index (χ0n) is 11.3. The van der Waals surface area contributed by atoms with Gasteiger partial charge in [0.25, 0.3) is 5.91 Å². The van der Waals surface area contributed by atoms with Gasteiger partial charge in [0.1, 0.15) is 6.61 Å². The van der Waals surface area contributed by atoms with Crippen molar-refractivity contribution in [2.75, 3.05) is 13.1 Å². The van der Waals surface area contributed by atoms with Crippen molar-refractivity contribution in [2.24, 2.45) is 0 Å². The van der Waals surface area contributed by atoms with E-state index >= 15 is 0 Å². The monoisotopic (exact) mass is 342 g/mol. The van der Waals surface area contributed by atoms with Crippen LogP contribution >= 0.6 is 23.2 Å². The number of hydrogen-bond acceptors (Lipinski definition) is 5. The van der Waals surface area contributed by atoms with E-state index in [-0.39, 0.29) is 18.2 Å². The molecular formula is C14H12Cl2N2O4. The number of hydrogen-bond donors (Lipinski definition) is 1. The summed E-state index contributed by atoms with van der Waals surface area (Å²) in [5, 5.41) is 13.7. The first-order valence-electron chi connectivity index (χ1n) is 6.54. The Bertz CT molecular complexity index is 678. The van der Waals surface area contributed by atoms with Crippen LogP contribution in [0.1, 0.15) is 16.2 Å². The van der Waals surface area contributed by atoms with E-state index in [1.165, 1.54) is 11.0 Å². The van der Waals surface area contributed by atoms with Gasteiger partial charge in [0.15, 0.2) is 17.2 Å². The molecule has 0 radical (unpaired) electrons. The van der Waals surface area contributed by atoms with E-state index in [9.17, 15) is 9.90 Å². The summed E-state index contributed by atoms with van der Waals surface area (Å²) >= 11 is 12.0. The van der Waals surface area contributed by atoms with E-state index in [1.807, 2.05) is 0 Å². The molecule has 1 aromatic heterocycles. The van der Waals surface area contributed by atoms with Gasteiger partial charge in [0.05, 0.1) is 16.1 Å². The molecule has 1 N–H and O–H groups in total. The number of para-hydroxylation sites is 1. The Kier molecular flexibility index (Phi) is 4.24. The first-order valence-corrected chi connectivity index (χ1v) is 7.30. The van der Waals surface area contributed by atoms with Crippen molar-refractivity contribution >= 4 is 29.1 Å². The highest BCUT2D eigenvalue weighted by molar-refractivity contribution is 6.37. The molecule has 0 saturated carbocycles. The Morgan fingerprint density at radius 2 is 2.09 bits per heavy atom. The Morgan fingerprint density at radius 3 is 2.73 bits per heavy atom. The predicted molar refractivity (Wildman–Crippen MR) is 79.2 cm³/mol. The number of aliphatic hydroxyl groups excluding tert-OH is 1. The molecule has 1 fully saturated rings. The summed E-state index contributed by atoms with van der Waals surface area (Å²) in [4.78, 5) is 13.5. The Morgan fingerprint density at radius 1 is 1.41 bits per heavy atom. The van der Waals surface area contributed by atoms with Crippen molar-refractivity contribution in [3.05, 3.63) is 45.8 Å². The highest BCUT2D eigenvalue weighted by Crippen LogP contribution is 2.32. The van der Waals surface area contributed by atoms with Crippen LogP contribution < -0.4 is 4.74 Å². The summed E-state index contributed by atoms with van der Waals surface area (Å²) in [5.74, 6) is 0.442. The van der Waals surface area contributed by atoms with Gasteiger partial charge in [-0.05, 0) is 12.1 Å². The molecule has 116 valence electrons. The van der Waals surface area contributed by atoms with Crippen LogP contribution in [-0.2, 0) is 6.61 Å². The summed E-state index contributed by atoms with van der Waals surface area (Å²) in [6.07, 6.45) is -0.457. The molecule has 0 atom stereocenters. The van der Waals surface area contributed by atoms with E-state index < -0.39 is 6.10 Å². The average Bonchev–Trinajstić information content (AvgIpc) is 2.91. The Balaban J connectivity index is 1.64. The van der Waals surface area contributed by atoms with Gasteiger partial charge < -0.3 is 19.3 Å². The lowest BCUT2D eigenvalue weighted by Crippen LogP contribution is -2.53. The second kappa shape index (κ2) is 6.16. The van der Waals surface area contributed by atoms with Crippen LogP contribution in [-0.4, -0.2) is 40.3 Å². The second-order valence-corrected chi connectivity index (χ2v) is 5.70. The van der Waals surface area contributed by atoms with E-state index in [4.69, 9.17) is 32.5 Å². The molecule has 6 nitrogen and oxygen atoms in total. The topological polar surface area (TPSA) is 75.8 Å². The number of halogens is 2. The van der Waals surface area contributed by atoms with Crippen LogP contribution in [0.5, 0.6) is 5.75 Å². The lowest BCUT2D eigenvalue weighted by atomic mass is 10.1. The first-order chi connectivity index (χ1) is 10.5. The fraction of sp³-hybridized carbons (Fsp3) is 0.286. The van der Waals surface area contributed by atoms with Crippen LogP contribution in [0.4, 0.5) is 0 Å². The smallest absolute Gasteiger partial charge is 0.276 e. The number of rotatable bonds is 4. The van der Waals surface area contributed by atoms with Gasteiger partial charge in [-0.2, -0.15) is 0 Å². The third-order valence-corrected chi connectivity index (χ3v) is 3.80. The quantitative estimate of drug-likeness (QED) is 0.923. The molecular weight excluding hydrogens is 331 g/mol. The molecule has 0 spiro atoms. The lowest BCUT2D eigenvalue weighted by molar-refractivity contribution is 0.00524. The minimum atomic E-state index is -0.457. The molecule has 1 aliphatic rings.